The van der Waals surface area contributed by atoms with Crippen LogP contribution in [0, 0.1) is 6.92 Å². The van der Waals surface area contributed by atoms with Gasteiger partial charge in [0.2, 0.25) is 5.88 Å². The summed E-state index contributed by atoms with van der Waals surface area (Å²) in [6, 6.07) is 12.2. The zero-order valence-electron chi connectivity index (χ0n) is 15.6. The van der Waals surface area contributed by atoms with Gasteiger partial charge in [0.25, 0.3) is 0 Å². The highest BCUT2D eigenvalue weighted by Crippen LogP contribution is 2.45. The van der Waals surface area contributed by atoms with Gasteiger partial charge in [0.05, 0.1) is 17.2 Å². The molecule has 0 bridgehead atoms. The van der Waals surface area contributed by atoms with Gasteiger partial charge < -0.3 is 9.67 Å². The van der Waals surface area contributed by atoms with Crippen molar-refractivity contribution < 1.29 is 5.11 Å². The maximum Gasteiger partial charge on any atom is 0.221 e. The summed E-state index contributed by atoms with van der Waals surface area (Å²) in [6.07, 6.45) is 0. The van der Waals surface area contributed by atoms with Gasteiger partial charge in [-0.15, -0.1) is 5.11 Å². The molecule has 0 saturated carbocycles. The van der Waals surface area contributed by atoms with E-state index < -0.39 is 0 Å². The topological polar surface area (TPSA) is 49.9 Å². The van der Waals surface area contributed by atoms with E-state index in [0.29, 0.717) is 28.4 Å². The predicted octanol–water partition coefficient (Wildman–Crippen LogP) is 7.14. The Labute approximate surface area is 168 Å². The summed E-state index contributed by atoms with van der Waals surface area (Å²) in [5, 5.41) is 21.4. The highest BCUT2D eigenvalue weighted by molar-refractivity contribution is 8.00. The van der Waals surface area contributed by atoms with E-state index in [2.05, 4.69) is 42.3 Å². The quantitative estimate of drug-likeness (QED) is 0.474. The fourth-order valence-corrected chi connectivity index (χ4v) is 4.22. The van der Waals surface area contributed by atoms with Crippen LogP contribution >= 0.6 is 23.4 Å². The lowest BCUT2D eigenvalue weighted by Crippen LogP contribution is -2.22. The molecule has 0 radical (unpaired) electrons. The van der Waals surface area contributed by atoms with Crippen LogP contribution in [0.4, 0.5) is 11.4 Å². The fraction of sp³-hybridized carbons (Fsp3) is 0.333. The van der Waals surface area contributed by atoms with Gasteiger partial charge in [-0.05, 0) is 48.2 Å². The number of hydrogen-bond acceptors (Lipinski definition) is 4. The molecule has 1 aliphatic heterocycles. The third kappa shape index (κ3) is 3.23. The first-order valence-electron chi connectivity index (χ1n) is 9.08. The Morgan fingerprint density at radius 1 is 1.19 bits per heavy atom. The molecule has 0 aliphatic carbocycles. The van der Waals surface area contributed by atoms with E-state index in [1.165, 1.54) is 5.56 Å². The average Bonchev–Trinajstić information content (AvgIpc) is 2.86. The van der Waals surface area contributed by atoms with Crippen LogP contribution in [0.15, 0.2) is 46.6 Å². The summed E-state index contributed by atoms with van der Waals surface area (Å²) in [5.74, 6) is 2.61. The lowest BCUT2D eigenvalue weighted by atomic mass is 10.0. The standard InChI is InChI=1S/C21H22ClN3OS/c1-12(2)14-7-8-19-16(9-14)20(21(26)25(19)15-10-27-11-15)24-23-18-6-4-5-17(22)13(18)3/h4-9,12,15,26H,10-11H2,1-3H3. The molecule has 1 saturated heterocycles. The minimum absolute atomic E-state index is 0.194. The highest BCUT2D eigenvalue weighted by atomic mass is 35.5. The van der Waals surface area contributed by atoms with Crippen molar-refractivity contribution in [3.63, 3.8) is 0 Å². The Morgan fingerprint density at radius 3 is 2.63 bits per heavy atom. The van der Waals surface area contributed by atoms with Crippen LogP contribution in [0.25, 0.3) is 10.9 Å². The highest BCUT2D eigenvalue weighted by Gasteiger charge is 2.27. The Balaban J connectivity index is 1.87. The molecule has 1 fully saturated rings. The number of hydrogen-bond donors (Lipinski definition) is 1. The van der Waals surface area contributed by atoms with Gasteiger partial charge in [0, 0.05) is 21.9 Å². The van der Waals surface area contributed by atoms with Crippen molar-refractivity contribution in [2.24, 2.45) is 10.2 Å². The SMILES string of the molecule is Cc1c(Cl)cccc1N=Nc1c(O)n(C2CSC2)c2ccc(C(C)C)cc12. The normalized spacial score (nSPS) is 15.1. The molecule has 1 aliphatic rings. The predicted molar refractivity (Wildman–Crippen MR) is 114 cm³/mol. The van der Waals surface area contributed by atoms with E-state index in [1.807, 2.05) is 41.5 Å². The number of aromatic nitrogens is 1. The first kappa shape index (κ1) is 18.4. The molecular formula is C21H22ClN3OS. The van der Waals surface area contributed by atoms with E-state index in [0.717, 1.165) is 28.0 Å². The van der Waals surface area contributed by atoms with Crippen LogP contribution in [0.1, 0.15) is 36.9 Å². The largest absolute Gasteiger partial charge is 0.493 e. The van der Waals surface area contributed by atoms with Gasteiger partial charge in [-0.2, -0.15) is 16.9 Å². The van der Waals surface area contributed by atoms with Crippen LogP contribution in [0.5, 0.6) is 5.88 Å². The van der Waals surface area contributed by atoms with E-state index in [4.69, 9.17) is 11.6 Å². The molecule has 140 valence electrons. The molecule has 3 aromatic rings. The van der Waals surface area contributed by atoms with Crippen molar-refractivity contribution in [3.8, 4) is 5.88 Å². The lowest BCUT2D eigenvalue weighted by molar-refractivity contribution is 0.406. The van der Waals surface area contributed by atoms with Crippen molar-refractivity contribution in [2.75, 3.05) is 11.5 Å². The molecular weight excluding hydrogens is 378 g/mol. The third-order valence-corrected chi connectivity index (χ3v) is 6.77. The van der Waals surface area contributed by atoms with Crippen LogP contribution in [0.3, 0.4) is 0 Å². The van der Waals surface area contributed by atoms with Gasteiger partial charge in [-0.3, -0.25) is 0 Å². The Morgan fingerprint density at radius 2 is 1.96 bits per heavy atom. The second-order valence-electron chi connectivity index (χ2n) is 7.25. The number of rotatable bonds is 4. The maximum atomic E-state index is 11.0. The number of azo groups is 1. The number of nitrogens with zero attached hydrogens (tertiary/aromatic N) is 3. The Kier molecular flexibility index (Phi) is 4.91. The van der Waals surface area contributed by atoms with Gasteiger partial charge in [-0.25, -0.2) is 0 Å². The number of thioether (sulfide) groups is 1. The number of aromatic hydroxyl groups is 1. The van der Waals surface area contributed by atoms with Gasteiger partial charge >= 0.3 is 0 Å². The molecule has 4 rings (SSSR count). The summed E-state index contributed by atoms with van der Waals surface area (Å²) in [4.78, 5) is 0. The molecule has 0 atom stereocenters. The van der Waals surface area contributed by atoms with Gasteiger partial charge in [-0.1, -0.05) is 37.6 Å². The monoisotopic (exact) mass is 399 g/mol. The summed E-state index contributed by atoms with van der Waals surface area (Å²) >= 11 is 8.08. The van der Waals surface area contributed by atoms with Crippen LogP contribution in [0.2, 0.25) is 5.02 Å². The molecule has 0 amide bonds. The third-order valence-electron chi connectivity index (χ3n) is 5.12. The Hall–Kier alpha value is -1.98. The molecule has 27 heavy (non-hydrogen) atoms. The number of benzene rings is 2. The van der Waals surface area contributed by atoms with Crippen LogP contribution in [-0.2, 0) is 0 Å². The zero-order chi connectivity index (χ0) is 19.1. The van der Waals surface area contributed by atoms with E-state index in [1.54, 1.807) is 0 Å². The second-order valence-corrected chi connectivity index (χ2v) is 8.73. The molecule has 2 aromatic carbocycles. The number of fused-ring (bicyclic) bond motifs is 1. The molecule has 1 N–H and O–H groups in total. The van der Waals surface area contributed by atoms with Crippen molar-refractivity contribution in [3.05, 3.63) is 52.5 Å². The molecule has 0 unspecified atom stereocenters. The minimum atomic E-state index is 0.194. The van der Waals surface area contributed by atoms with Crippen molar-refractivity contribution in [1.29, 1.82) is 0 Å². The first-order chi connectivity index (χ1) is 13.0. The molecule has 2 heterocycles. The fourth-order valence-electron chi connectivity index (χ4n) is 3.31. The van der Waals surface area contributed by atoms with Crippen molar-refractivity contribution >= 4 is 45.6 Å². The average molecular weight is 400 g/mol. The number of halogens is 1. The van der Waals surface area contributed by atoms with Crippen LogP contribution in [-0.4, -0.2) is 21.2 Å². The zero-order valence-corrected chi connectivity index (χ0v) is 17.2. The summed E-state index contributed by atoms with van der Waals surface area (Å²) in [7, 11) is 0. The van der Waals surface area contributed by atoms with Crippen molar-refractivity contribution in [2.45, 2.75) is 32.7 Å². The van der Waals surface area contributed by atoms with E-state index >= 15 is 0 Å². The van der Waals surface area contributed by atoms with Gasteiger partial charge in [0.15, 0.2) is 5.69 Å². The second kappa shape index (κ2) is 7.21. The summed E-state index contributed by atoms with van der Waals surface area (Å²) in [6.45, 7) is 6.25. The molecule has 4 nitrogen and oxygen atoms in total. The van der Waals surface area contributed by atoms with E-state index in [-0.39, 0.29) is 5.88 Å². The smallest absolute Gasteiger partial charge is 0.221 e. The molecule has 6 heteroatoms. The lowest BCUT2D eigenvalue weighted by Gasteiger charge is -2.27. The summed E-state index contributed by atoms with van der Waals surface area (Å²) < 4.78 is 2.01. The van der Waals surface area contributed by atoms with E-state index in [9.17, 15) is 5.11 Å². The Bertz CT molecular complexity index is 1040. The van der Waals surface area contributed by atoms with Crippen LogP contribution < -0.4 is 0 Å². The first-order valence-corrected chi connectivity index (χ1v) is 10.6. The molecule has 0 spiro atoms. The van der Waals surface area contributed by atoms with Crippen molar-refractivity contribution in [1.82, 2.24) is 4.57 Å². The minimum Gasteiger partial charge on any atom is -0.493 e. The maximum absolute atomic E-state index is 11.0. The molecule has 1 aromatic heterocycles. The summed E-state index contributed by atoms with van der Waals surface area (Å²) in [5.41, 5.74) is 4.35. The van der Waals surface area contributed by atoms with Gasteiger partial charge in [0.1, 0.15) is 0 Å².